The molecule has 0 N–H and O–H groups in total. The summed E-state index contributed by atoms with van der Waals surface area (Å²) in [5, 5.41) is 0. The largest absolute Gasteiger partial charge is 0 e. The first kappa shape index (κ1) is 8.90. The van der Waals surface area contributed by atoms with Gasteiger partial charge in [0.15, 0.2) is 0 Å². The third kappa shape index (κ3) is 11.8. The van der Waals surface area contributed by atoms with Crippen LogP contribution in [0.1, 0.15) is 0 Å². The van der Waals surface area contributed by atoms with E-state index in [4.69, 9.17) is 4.79 Å². The second-order valence-electron chi connectivity index (χ2n) is 0.102. The third-order valence-corrected chi connectivity index (χ3v) is 0. The van der Waals surface area contributed by atoms with Crippen LogP contribution in [-0.2, 0) is 21.9 Å². The molecule has 0 saturated carbocycles. The smallest absolute Gasteiger partial charge is 0 e. The second-order valence-corrected chi connectivity index (χ2v) is 0.896. The molecule has 22 valence electrons. The van der Waals surface area contributed by atoms with Crippen molar-refractivity contribution < 1.29 is 21.9 Å². The van der Waals surface area contributed by atoms with Gasteiger partial charge in [-0.1, -0.05) is 0 Å². The molecule has 0 atom stereocenters. The van der Waals surface area contributed by atoms with Crippen LogP contribution in [0.15, 0.2) is 0 Å². The average molecular weight is 291 g/mol. The van der Waals surface area contributed by atoms with Crippen LogP contribution < -0.4 is 0 Å². The minimum absolute atomic E-state index is 0. The fourth-order valence-electron chi connectivity index (χ4n) is 0. The molecule has 0 aromatic heterocycles. The third-order valence-electron chi connectivity index (χ3n) is 0. The number of hydrogen-bond donors (Lipinski definition) is 0. The fraction of sp³-hybridized carbons (Fsp3) is 0. The molecule has 0 aliphatic rings. The van der Waals surface area contributed by atoms with Gasteiger partial charge in [-0.3, -0.25) is 0 Å². The Labute approximate surface area is 50.4 Å². The summed E-state index contributed by atoms with van der Waals surface area (Å²) in [7, 11) is 0. The molecule has 0 aromatic rings. The first-order valence-corrected chi connectivity index (χ1v) is 2.40. The van der Waals surface area contributed by atoms with E-state index in [9.17, 15) is 0 Å². The van der Waals surface area contributed by atoms with Crippen LogP contribution in [0.3, 0.4) is 0 Å². The molecule has 0 aliphatic carbocycles. The molecule has 4 heavy (non-hydrogen) atoms. The van der Waals surface area contributed by atoms with Crippen molar-refractivity contribution in [2.45, 2.75) is 0 Å². The molecule has 0 amide bonds. The van der Waals surface area contributed by atoms with Gasteiger partial charge in [-0.15, -0.1) is 0 Å². The molecule has 3 heteroatoms. The molecule has 2 radical (unpaired) electrons. The summed E-state index contributed by atoms with van der Waals surface area (Å²) in [6.45, 7) is 0. The summed E-state index contributed by atoms with van der Waals surface area (Å²) in [5.74, 6) is 0. The molecule has 0 spiro atoms. The van der Waals surface area contributed by atoms with Gasteiger partial charge in [0, 0.05) is 17.1 Å². The van der Waals surface area contributed by atoms with E-state index in [0.717, 1.165) is 0 Å². The van der Waals surface area contributed by atoms with Gasteiger partial charge >= 0.3 is 33.5 Å². The van der Waals surface area contributed by atoms with E-state index in [1.807, 2.05) is 0 Å². The maximum atomic E-state index is 8.74. The average Bonchev–Trinajstić information content (AvgIpc) is 0.918. The van der Waals surface area contributed by atoms with E-state index < -0.39 is 0 Å². The Kier molecular flexibility index (Phi) is 20.0. The number of hydrogen-bond acceptors (Lipinski definition) is 1. The van der Waals surface area contributed by atoms with Crippen molar-refractivity contribution in [3.05, 3.63) is 0 Å². The van der Waals surface area contributed by atoms with Gasteiger partial charge in [-0.05, 0) is 0 Å². The molecule has 0 fully saturated rings. The van der Waals surface area contributed by atoms with Crippen LogP contribution in [0.25, 0.3) is 0 Å². The van der Waals surface area contributed by atoms with Crippen molar-refractivity contribution in [3.63, 3.8) is 0 Å². The standard InChI is InChI=1S/CO.Fe.Pb/c1-2;;. The fourth-order valence-corrected chi connectivity index (χ4v) is 0. The molecular weight excluding hydrogens is 291 g/mol. The molecule has 0 saturated heterocycles. The quantitative estimate of drug-likeness (QED) is 0.535. The van der Waals surface area contributed by atoms with Crippen LogP contribution in [-0.4, -0.2) is 28.7 Å². The Morgan fingerprint density at radius 3 is 1.75 bits per heavy atom. The summed E-state index contributed by atoms with van der Waals surface area (Å²) >= 11 is 0.563. The van der Waals surface area contributed by atoms with E-state index in [1.165, 1.54) is 0 Å². The van der Waals surface area contributed by atoms with Gasteiger partial charge in [0.1, 0.15) is 0 Å². The Morgan fingerprint density at radius 2 is 1.75 bits per heavy atom. The molecular formula is CFeOPb. The molecule has 0 bridgehead atoms. The summed E-state index contributed by atoms with van der Waals surface area (Å²) in [6.07, 6.45) is 0. The molecule has 0 unspecified atom stereocenters. The Balaban J connectivity index is 0. The molecule has 1 nitrogen and oxygen atoms in total. The molecule has 0 heterocycles. The van der Waals surface area contributed by atoms with Crippen LogP contribution in [0.5, 0.6) is 0 Å². The van der Waals surface area contributed by atoms with Crippen LogP contribution >= 0.6 is 0 Å². The Morgan fingerprint density at radius 1 is 1.75 bits per heavy atom. The second kappa shape index (κ2) is 8.98. The minimum Gasteiger partial charge on any atom is 0 e. The van der Waals surface area contributed by atoms with Crippen LogP contribution in [0.4, 0.5) is 0 Å². The van der Waals surface area contributed by atoms with E-state index in [0.29, 0.717) is 25.3 Å². The van der Waals surface area contributed by atoms with Crippen molar-refractivity contribution in [2.24, 2.45) is 0 Å². The Hall–Kier alpha value is 1.02. The predicted octanol–water partition coefficient (Wildman–Crippen LogP) is -0.780. The normalized spacial score (nSPS) is 2.00. The maximum absolute atomic E-state index is 8.74. The zero-order valence-electron chi connectivity index (χ0n) is 1.76. The van der Waals surface area contributed by atoms with E-state index in [2.05, 4.69) is 0 Å². The van der Waals surface area contributed by atoms with Crippen molar-refractivity contribution in [1.29, 1.82) is 0 Å². The monoisotopic (exact) mass is 292 g/mol. The van der Waals surface area contributed by atoms with Gasteiger partial charge < -0.3 is 0 Å². The summed E-state index contributed by atoms with van der Waals surface area (Å²) in [5.41, 5.74) is 0. The minimum atomic E-state index is 0. The van der Waals surface area contributed by atoms with Crippen molar-refractivity contribution >= 4 is 28.7 Å². The SMILES string of the molecule is O=[C]=[Pb].[Fe]. The van der Waals surface area contributed by atoms with Gasteiger partial charge in [0.25, 0.3) is 0 Å². The van der Waals surface area contributed by atoms with E-state index in [1.54, 1.807) is 3.42 Å². The zero-order chi connectivity index (χ0) is 2.71. The topological polar surface area (TPSA) is 17.1 Å². The van der Waals surface area contributed by atoms with Crippen LogP contribution in [0, 0.1) is 0 Å². The summed E-state index contributed by atoms with van der Waals surface area (Å²) < 4.78 is 1.64. The zero-order valence-corrected chi connectivity index (χ0v) is 6.75. The number of carbonyl (C=O) groups excluding carboxylic acids is 1. The summed E-state index contributed by atoms with van der Waals surface area (Å²) in [4.78, 5) is 8.74. The van der Waals surface area contributed by atoms with Crippen molar-refractivity contribution in [3.8, 4) is 0 Å². The van der Waals surface area contributed by atoms with Crippen LogP contribution in [0.2, 0.25) is 0 Å². The summed E-state index contributed by atoms with van der Waals surface area (Å²) in [6, 6.07) is 0. The van der Waals surface area contributed by atoms with Gasteiger partial charge in [0.05, 0.1) is 0 Å². The first-order chi connectivity index (χ1) is 1.41. The number of rotatable bonds is 0. The predicted molar refractivity (Wildman–Crippen MR) is 11.4 cm³/mol. The van der Waals surface area contributed by atoms with Crippen molar-refractivity contribution in [1.82, 2.24) is 0 Å². The first-order valence-electron chi connectivity index (χ1n) is 0.454. The molecule has 0 rings (SSSR count). The Bertz CT molecular complexity index is 29.0. The maximum Gasteiger partial charge on any atom is 0 e. The van der Waals surface area contributed by atoms with Crippen molar-refractivity contribution in [2.75, 3.05) is 0 Å². The van der Waals surface area contributed by atoms with E-state index >= 15 is 0 Å². The van der Waals surface area contributed by atoms with Gasteiger partial charge in [0.2, 0.25) is 0 Å². The molecule has 0 aromatic carbocycles. The molecule has 0 aliphatic heterocycles. The van der Waals surface area contributed by atoms with Gasteiger partial charge in [-0.25, -0.2) is 0 Å². The van der Waals surface area contributed by atoms with Gasteiger partial charge in [-0.2, -0.15) is 0 Å². The van der Waals surface area contributed by atoms with E-state index in [-0.39, 0.29) is 17.1 Å².